The van der Waals surface area contributed by atoms with Crippen LogP contribution in [0.25, 0.3) is 0 Å². The Morgan fingerprint density at radius 2 is 1.80 bits per heavy atom. The van der Waals surface area contributed by atoms with E-state index in [0.717, 1.165) is 3.57 Å². The quantitative estimate of drug-likeness (QED) is 0.160. The summed E-state index contributed by atoms with van der Waals surface area (Å²) in [7, 11) is 1.55. The van der Waals surface area contributed by atoms with Gasteiger partial charge < -0.3 is 9.47 Å². The van der Waals surface area contributed by atoms with Crippen LogP contribution in [0.3, 0.4) is 0 Å². The molecule has 8 heteroatoms. The zero-order valence-electron chi connectivity index (χ0n) is 15.8. The molecule has 6 nitrogen and oxygen atoms in total. The van der Waals surface area contributed by atoms with Crippen molar-refractivity contribution in [2.45, 2.75) is 0 Å². The average molecular weight is 535 g/mol. The Labute approximate surface area is 192 Å². The molecule has 0 unspecified atom stereocenters. The van der Waals surface area contributed by atoms with Crippen LogP contribution in [0.4, 0.5) is 0 Å². The zero-order chi connectivity index (χ0) is 21.5. The molecular weight excluding hydrogens is 519 g/mol. The molecule has 3 rings (SSSR count). The molecule has 0 aromatic heterocycles. The molecule has 3 aromatic carbocycles. The first kappa shape index (κ1) is 21.8. The standard InChI is InChI=1S/C22H16ClIN2O4/c1-29-18-8-6-15(7-9-18)22(28)30-20-10-5-14(11-19(20)23)13-25-26-21(27)16-3-2-4-17(24)12-16/h2-13H,1H3,(H,26,27)/b25-13-. The summed E-state index contributed by atoms with van der Waals surface area (Å²) in [5.74, 6) is 0.00600. The molecule has 0 saturated carbocycles. The number of ether oxygens (including phenoxy) is 2. The van der Waals surface area contributed by atoms with Crippen molar-refractivity contribution in [2.75, 3.05) is 7.11 Å². The van der Waals surface area contributed by atoms with Crippen LogP contribution in [0.15, 0.2) is 71.8 Å². The van der Waals surface area contributed by atoms with Gasteiger partial charge in [0.15, 0.2) is 0 Å². The number of halogens is 2. The second-order valence-corrected chi connectivity index (χ2v) is 7.67. The summed E-state index contributed by atoms with van der Waals surface area (Å²) in [5, 5.41) is 4.18. The van der Waals surface area contributed by atoms with Crippen molar-refractivity contribution in [1.82, 2.24) is 5.43 Å². The van der Waals surface area contributed by atoms with Gasteiger partial charge in [-0.05, 0) is 88.8 Å². The Morgan fingerprint density at radius 1 is 1.03 bits per heavy atom. The van der Waals surface area contributed by atoms with Crippen molar-refractivity contribution in [3.05, 3.63) is 92.0 Å². The molecule has 0 fully saturated rings. The first-order chi connectivity index (χ1) is 14.5. The van der Waals surface area contributed by atoms with E-state index in [1.165, 1.54) is 6.21 Å². The third-order valence-electron chi connectivity index (χ3n) is 3.95. The number of methoxy groups -OCH3 is 1. The Kier molecular flexibility index (Phi) is 7.42. The fraction of sp³-hybridized carbons (Fsp3) is 0.0455. The van der Waals surface area contributed by atoms with Gasteiger partial charge in [0.25, 0.3) is 5.91 Å². The molecule has 0 bridgehead atoms. The Balaban J connectivity index is 1.62. The highest BCUT2D eigenvalue weighted by atomic mass is 127. The average Bonchev–Trinajstić information content (AvgIpc) is 2.75. The van der Waals surface area contributed by atoms with Gasteiger partial charge in [0, 0.05) is 9.13 Å². The predicted molar refractivity (Wildman–Crippen MR) is 124 cm³/mol. The molecule has 152 valence electrons. The summed E-state index contributed by atoms with van der Waals surface area (Å²) < 4.78 is 11.4. The zero-order valence-corrected chi connectivity index (χ0v) is 18.7. The minimum atomic E-state index is -0.536. The monoisotopic (exact) mass is 534 g/mol. The largest absolute Gasteiger partial charge is 0.497 e. The minimum Gasteiger partial charge on any atom is -0.497 e. The number of esters is 1. The molecular formula is C22H16ClIN2O4. The number of carbonyl (C=O) groups is 2. The summed E-state index contributed by atoms with van der Waals surface area (Å²) in [6, 6.07) is 18.5. The summed E-state index contributed by atoms with van der Waals surface area (Å²) in [5.41, 5.74) is 3.97. The number of rotatable bonds is 6. The van der Waals surface area contributed by atoms with Gasteiger partial charge in [0.05, 0.1) is 23.9 Å². The number of hydrazone groups is 1. The number of hydrogen-bond donors (Lipinski definition) is 1. The topological polar surface area (TPSA) is 77.0 Å². The fourth-order valence-electron chi connectivity index (χ4n) is 2.43. The van der Waals surface area contributed by atoms with Crippen molar-refractivity contribution in [3.8, 4) is 11.5 Å². The number of nitrogens with one attached hydrogen (secondary N) is 1. The highest BCUT2D eigenvalue weighted by molar-refractivity contribution is 14.1. The van der Waals surface area contributed by atoms with E-state index >= 15 is 0 Å². The van der Waals surface area contributed by atoms with E-state index in [1.54, 1.807) is 67.8 Å². The van der Waals surface area contributed by atoms with Crippen LogP contribution in [0.1, 0.15) is 26.3 Å². The number of nitrogens with zero attached hydrogens (tertiary/aromatic N) is 1. The fourth-order valence-corrected chi connectivity index (χ4v) is 3.20. The van der Waals surface area contributed by atoms with Crippen LogP contribution < -0.4 is 14.9 Å². The maximum absolute atomic E-state index is 12.3. The normalized spacial score (nSPS) is 10.6. The van der Waals surface area contributed by atoms with Crippen LogP contribution >= 0.6 is 34.2 Å². The SMILES string of the molecule is COc1ccc(C(=O)Oc2ccc(/C=N\NC(=O)c3cccc(I)c3)cc2Cl)cc1. The predicted octanol–water partition coefficient (Wildman–Crippen LogP) is 4.94. The van der Waals surface area contributed by atoms with E-state index in [4.69, 9.17) is 21.1 Å². The van der Waals surface area contributed by atoms with Crippen LogP contribution in [-0.2, 0) is 0 Å². The van der Waals surface area contributed by atoms with Crippen molar-refractivity contribution >= 4 is 52.3 Å². The second-order valence-electron chi connectivity index (χ2n) is 6.02. The second kappa shape index (κ2) is 10.2. The van der Waals surface area contributed by atoms with E-state index in [-0.39, 0.29) is 16.7 Å². The first-order valence-corrected chi connectivity index (χ1v) is 10.2. The number of benzene rings is 3. The molecule has 0 atom stereocenters. The van der Waals surface area contributed by atoms with E-state index in [0.29, 0.717) is 22.4 Å². The molecule has 0 saturated heterocycles. The van der Waals surface area contributed by atoms with Gasteiger partial charge in [-0.1, -0.05) is 17.7 Å². The van der Waals surface area contributed by atoms with Gasteiger partial charge in [-0.15, -0.1) is 0 Å². The van der Waals surface area contributed by atoms with Crippen molar-refractivity contribution in [1.29, 1.82) is 0 Å². The smallest absolute Gasteiger partial charge is 0.343 e. The lowest BCUT2D eigenvalue weighted by molar-refractivity contribution is 0.0734. The lowest BCUT2D eigenvalue weighted by atomic mass is 10.2. The van der Waals surface area contributed by atoms with E-state index < -0.39 is 5.97 Å². The van der Waals surface area contributed by atoms with Crippen molar-refractivity contribution in [2.24, 2.45) is 5.10 Å². The van der Waals surface area contributed by atoms with Gasteiger partial charge >= 0.3 is 5.97 Å². The molecule has 0 aliphatic carbocycles. The lowest BCUT2D eigenvalue weighted by Crippen LogP contribution is -2.17. The molecule has 0 aliphatic rings. The Morgan fingerprint density at radius 3 is 2.47 bits per heavy atom. The van der Waals surface area contributed by atoms with Crippen LogP contribution in [-0.4, -0.2) is 25.2 Å². The number of carbonyl (C=O) groups excluding carboxylic acids is 2. The van der Waals surface area contributed by atoms with Gasteiger partial charge in [-0.25, -0.2) is 10.2 Å². The number of hydrogen-bond acceptors (Lipinski definition) is 5. The summed E-state index contributed by atoms with van der Waals surface area (Å²) in [6.45, 7) is 0. The van der Waals surface area contributed by atoms with E-state index in [1.807, 2.05) is 6.07 Å². The maximum atomic E-state index is 12.3. The molecule has 3 aromatic rings. The van der Waals surface area contributed by atoms with Gasteiger partial charge in [0.2, 0.25) is 0 Å². The van der Waals surface area contributed by atoms with Gasteiger partial charge in [-0.2, -0.15) is 5.10 Å². The molecule has 1 amide bonds. The molecule has 0 radical (unpaired) electrons. The van der Waals surface area contributed by atoms with Crippen LogP contribution in [0.5, 0.6) is 11.5 Å². The molecule has 0 spiro atoms. The highest BCUT2D eigenvalue weighted by Crippen LogP contribution is 2.26. The van der Waals surface area contributed by atoms with Crippen molar-refractivity contribution in [3.63, 3.8) is 0 Å². The van der Waals surface area contributed by atoms with Crippen LogP contribution in [0, 0.1) is 3.57 Å². The summed E-state index contributed by atoms with van der Waals surface area (Å²) in [6.07, 6.45) is 1.45. The molecule has 1 N–H and O–H groups in total. The third kappa shape index (κ3) is 5.80. The molecule has 30 heavy (non-hydrogen) atoms. The highest BCUT2D eigenvalue weighted by Gasteiger charge is 2.12. The van der Waals surface area contributed by atoms with Gasteiger partial charge in [0.1, 0.15) is 11.5 Å². The Bertz CT molecular complexity index is 1100. The molecule has 0 aliphatic heterocycles. The van der Waals surface area contributed by atoms with Crippen LogP contribution in [0.2, 0.25) is 5.02 Å². The number of amides is 1. The first-order valence-electron chi connectivity index (χ1n) is 8.71. The van der Waals surface area contributed by atoms with Crippen molar-refractivity contribution < 1.29 is 19.1 Å². The summed E-state index contributed by atoms with van der Waals surface area (Å²) >= 11 is 8.35. The van der Waals surface area contributed by atoms with E-state index in [2.05, 4.69) is 33.1 Å². The lowest BCUT2D eigenvalue weighted by Gasteiger charge is -2.07. The van der Waals surface area contributed by atoms with Gasteiger partial charge in [-0.3, -0.25) is 4.79 Å². The third-order valence-corrected chi connectivity index (χ3v) is 4.92. The minimum absolute atomic E-state index is 0.220. The Hall–Kier alpha value is -2.91. The van der Waals surface area contributed by atoms with E-state index in [9.17, 15) is 9.59 Å². The maximum Gasteiger partial charge on any atom is 0.343 e. The molecule has 0 heterocycles. The summed E-state index contributed by atoms with van der Waals surface area (Å²) in [4.78, 5) is 24.3.